The number of likely N-dealkylation sites (tertiary alicyclic amines) is 1. The van der Waals surface area contributed by atoms with Crippen LogP contribution in [0.2, 0.25) is 0 Å². The van der Waals surface area contributed by atoms with Crippen LogP contribution in [0.25, 0.3) is 0 Å². The first-order valence-electron chi connectivity index (χ1n) is 12.9. The summed E-state index contributed by atoms with van der Waals surface area (Å²) in [6.07, 6.45) is 4.03. The first-order valence-corrected chi connectivity index (χ1v) is 12.9. The maximum atomic E-state index is 13.6. The number of ether oxygens (including phenoxy) is 1. The molecule has 2 aliphatic heterocycles. The second-order valence-electron chi connectivity index (χ2n) is 9.89. The van der Waals surface area contributed by atoms with E-state index in [-0.39, 0.29) is 5.91 Å². The van der Waals surface area contributed by atoms with Crippen LogP contribution in [0, 0.1) is 6.92 Å². The van der Waals surface area contributed by atoms with Crippen LogP contribution in [0.1, 0.15) is 58.3 Å². The normalized spacial score (nSPS) is 18.3. The maximum absolute atomic E-state index is 13.6. The highest BCUT2D eigenvalue weighted by atomic mass is 16.5. The van der Waals surface area contributed by atoms with Crippen molar-refractivity contribution in [2.45, 2.75) is 65.4 Å². The molecule has 1 atom stereocenters. The molecule has 4 heterocycles. The number of rotatable bonds is 7. The van der Waals surface area contributed by atoms with Gasteiger partial charge in [0.05, 0.1) is 25.5 Å². The fourth-order valence-corrected chi connectivity index (χ4v) is 5.33. The van der Waals surface area contributed by atoms with Gasteiger partial charge in [-0.2, -0.15) is 10.2 Å². The zero-order chi connectivity index (χ0) is 25.2. The van der Waals surface area contributed by atoms with Gasteiger partial charge in [0.2, 0.25) is 0 Å². The Morgan fingerprint density at radius 1 is 1.22 bits per heavy atom. The molecule has 0 bridgehead atoms. The van der Waals surface area contributed by atoms with Gasteiger partial charge in [-0.1, -0.05) is 12.1 Å². The van der Waals surface area contributed by atoms with Gasteiger partial charge in [0.1, 0.15) is 5.75 Å². The fraction of sp³-hybridized carbons (Fsp3) is 0.519. The third kappa shape index (κ3) is 5.03. The highest BCUT2D eigenvalue weighted by Crippen LogP contribution is 2.27. The molecular weight excluding hydrogens is 456 g/mol. The van der Waals surface area contributed by atoms with Gasteiger partial charge in [-0.25, -0.2) is 0 Å². The quantitative estimate of drug-likeness (QED) is 0.546. The SMILES string of the molecule is CCn1cc(CN2CCc3c(c(C(=O)N4CCCC(O)C4)nn3Cc3cccc(OC)c3)C2)c(C)n1. The van der Waals surface area contributed by atoms with E-state index in [1.54, 1.807) is 12.0 Å². The van der Waals surface area contributed by atoms with Gasteiger partial charge in [0.25, 0.3) is 5.91 Å². The van der Waals surface area contributed by atoms with E-state index in [4.69, 9.17) is 9.84 Å². The smallest absolute Gasteiger partial charge is 0.274 e. The Labute approximate surface area is 212 Å². The summed E-state index contributed by atoms with van der Waals surface area (Å²) < 4.78 is 9.37. The van der Waals surface area contributed by atoms with E-state index >= 15 is 0 Å². The minimum Gasteiger partial charge on any atom is -0.497 e. The average molecular weight is 493 g/mol. The molecule has 3 aromatic rings. The highest BCUT2D eigenvalue weighted by molar-refractivity contribution is 5.94. The van der Waals surface area contributed by atoms with E-state index in [0.29, 0.717) is 31.9 Å². The molecule has 0 spiro atoms. The molecule has 5 rings (SSSR count). The summed E-state index contributed by atoms with van der Waals surface area (Å²) in [7, 11) is 1.67. The van der Waals surface area contributed by atoms with Crippen molar-refractivity contribution in [3.8, 4) is 5.75 Å². The number of aliphatic hydroxyl groups is 1. The molecule has 2 aliphatic rings. The summed E-state index contributed by atoms with van der Waals surface area (Å²) in [5, 5.41) is 19.6. The Bertz CT molecular complexity index is 1230. The Hall–Kier alpha value is -3.17. The lowest BCUT2D eigenvalue weighted by Gasteiger charge is -2.31. The number of benzene rings is 1. The van der Waals surface area contributed by atoms with Crippen molar-refractivity contribution in [1.82, 2.24) is 29.4 Å². The Morgan fingerprint density at radius 3 is 2.83 bits per heavy atom. The number of piperidine rings is 1. The third-order valence-electron chi connectivity index (χ3n) is 7.33. The molecular formula is C27H36N6O3. The second kappa shape index (κ2) is 10.4. The zero-order valence-electron chi connectivity index (χ0n) is 21.5. The molecule has 0 radical (unpaired) electrons. The summed E-state index contributed by atoms with van der Waals surface area (Å²) in [6, 6.07) is 7.98. The van der Waals surface area contributed by atoms with E-state index in [0.717, 1.165) is 67.2 Å². The lowest BCUT2D eigenvalue weighted by molar-refractivity contribution is 0.0466. The van der Waals surface area contributed by atoms with E-state index in [9.17, 15) is 9.90 Å². The molecule has 2 aromatic heterocycles. The summed E-state index contributed by atoms with van der Waals surface area (Å²) >= 11 is 0. The highest BCUT2D eigenvalue weighted by Gasteiger charge is 2.32. The van der Waals surface area contributed by atoms with Gasteiger partial charge in [-0.05, 0) is 44.4 Å². The molecule has 0 saturated carbocycles. The predicted octanol–water partition coefficient (Wildman–Crippen LogP) is 2.62. The van der Waals surface area contributed by atoms with Crippen molar-refractivity contribution in [3.05, 3.63) is 64.2 Å². The summed E-state index contributed by atoms with van der Waals surface area (Å²) in [5.74, 6) is 0.729. The monoisotopic (exact) mass is 492 g/mol. The Balaban J connectivity index is 1.45. The Kier molecular flexibility index (Phi) is 7.11. The van der Waals surface area contributed by atoms with Gasteiger partial charge in [-0.15, -0.1) is 0 Å². The van der Waals surface area contributed by atoms with Gasteiger partial charge >= 0.3 is 0 Å². The Morgan fingerprint density at radius 2 is 2.08 bits per heavy atom. The summed E-state index contributed by atoms with van der Waals surface area (Å²) in [6.45, 7) is 8.96. The van der Waals surface area contributed by atoms with Crippen LogP contribution < -0.4 is 4.74 Å². The molecule has 1 fully saturated rings. The van der Waals surface area contributed by atoms with Crippen LogP contribution in [0.15, 0.2) is 30.5 Å². The van der Waals surface area contributed by atoms with Crippen molar-refractivity contribution >= 4 is 5.91 Å². The lowest BCUT2D eigenvalue weighted by atomic mass is 10.0. The lowest BCUT2D eigenvalue weighted by Crippen LogP contribution is -2.43. The van der Waals surface area contributed by atoms with E-state index in [1.807, 2.05) is 27.6 Å². The third-order valence-corrected chi connectivity index (χ3v) is 7.33. The van der Waals surface area contributed by atoms with E-state index < -0.39 is 6.10 Å². The number of fused-ring (bicyclic) bond motifs is 1. The molecule has 1 unspecified atom stereocenters. The van der Waals surface area contributed by atoms with Crippen LogP contribution in [0.5, 0.6) is 5.75 Å². The van der Waals surface area contributed by atoms with Gasteiger partial charge in [0, 0.05) is 68.7 Å². The number of β-amino-alcohol motifs (C(OH)–C–C–N with tert-alkyl or cyclic N) is 1. The van der Waals surface area contributed by atoms with E-state index in [2.05, 4.69) is 36.1 Å². The number of amides is 1. The largest absolute Gasteiger partial charge is 0.497 e. The number of nitrogens with zero attached hydrogens (tertiary/aromatic N) is 6. The number of carbonyl (C=O) groups excluding carboxylic acids is 1. The van der Waals surface area contributed by atoms with Crippen molar-refractivity contribution < 1.29 is 14.6 Å². The number of aliphatic hydroxyl groups excluding tert-OH is 1. The second-order valence-corrected chi connectivity index (χ2v) is 9.89. The first-order chi connectivity index (χ1) is 17.4. The van der Waals surface area contributed by atoms with Crippen LogP contribution in [-0.4, -0.2) is 73.2 Å². The van der Waals surface area contributed by atoms with Crippen molar-refractivity contribution in [1.29, 1.82) is 0 Å². The topological polar surface area (TPSA) is 88.7 Å². The van der Waals surface area contributed by atoms with Gasteiger partial charge < -0.3 is 14.7 Å². The summed E-state index contributed by atoms with van der Waals surface area (Å²) in [4.78, 5) is 17.8. The minimum absolute atomic E-state index is 0.0776. The molecule has 0 aliphatic carbocycles. The molecule has 9 nitrogen and oxygen atoms in total. The number of carbonyl (C=O) groups is 1. The molecule has 9 heteroatoms. The molecule has 1 aromatic carbocycles. The number of aryl methyl sites for hydroxylation is 2. The number of hydrogen-bond acceptors (Lipinski definition) is 6. The van der Waals surface area contributed by atoms with Crippen molar-refractivity contribution in [2.75, 3.05) is 26.7 Å². The molecule has 192 valence electrons. The van der Waals surface area contributed by atoms with Crippen LogP contribution in [0.3, 0.4) is 0 Å². The van der Waals surface area contributed by atoms with Crippen molar-refractivity contribution in [3.63, 3.8) is 0 Å². The summed E-state index contributed by atoms with van der Waals surface area (Å²) in [5.41, 5.74) is 6.00. The van der Waals surface area contributed by atoms with Crippen LogP contribution in [0.4, 0.5) is 0 Å². The number of hydrogen-bond donors (Lipinski definition) is 1. The predicted molar refractivity (Wildman–Crippen MR) is 136 cm³/mol. The van der Waals surface area contributed by atoms with Crippen molar-refractivity contribution in [2.24, 2.45) is 0 Å². The maximum Gasteiger partial charge on any atom is 0.274 e. The first kappa shape index (κ1) is 24.5. The van der Waals surface area contributed by atoms with E-state index in [1.165, 1.54) is 5.56 Å². The standard InChI is InChI=1S/C27H36N6O3/c1-4-32-16-21(19(2)28-32)15-30-12-10-25-24(18-30)26(27(35)31-11-6-8-22(34)17-31)29-33(25)14-20-7-5-9-23(13-20)36-3/h5,7,9,13,16,22,34H,4,6,8,10-12,14-15,17-18H2,1-3H3. The van der Waals surface area contributed by atoms with Gasteiger partial charge in [0.15, 0.2) is 5.69 Å². The molecule has 1 amide bonds. The van der Waals surface area contributed by atoms with Gasteiger partial charge in [-0.3, -0.25) is 19.1 Å². The van der Waals surface area contributed by atoms with Crippen LogP contribution in [-0.2, 0) is 32.6 Å². The zero-order valence-corrected chi connectivity index (χ0v) is 21.5. The number of aromatic nitrogens is 4. The molecule has 36 heavy (non-hydrogen) atoms. The van der Waals surface area contributed by atoms with Crippen LogP contribution >= 0.6 is 0 Å². The average Bonchev–Trinajstić information content (AvgIpc) is 3.43. The molecule has 1 N–H and O–H groups in total. The molecule has 1 saturated heterocycles. The minimum atomic E-state index is -0.466. The number of methoxy groups -OCH3 is 1. The fourth-order valence-electron chi connectivity index (χ4n) is 5.33.